The van der Waals surface area contributed by atoms with Crippen molar-refractivity contribution in [1.82, 2.24) is 10.6 Å². The molecule has 0 radical (unpaired) electrons. The number of likely N-dealkylation sites (N-methyl/N-ethyl adjacent to an activating group) is 1. The van der Waals surface area contributed by atoms with Crippen LogP contribution in [0.15, 0.2) is 24.3 Å². The number of amides is 2. The molecule has 2 rings (SSSR count). The number of nitrogens with one attached hydrogen (secondary N) is 2. The van der Waals surface area contributed by atoms with Gasteiger partial charge in [-0.15, -0.1) is 0 Å². The van der Waals surface area contributed by atoms with Crippen molar-refractivity contribution in [1.29, 1.82) is 0 Å². The molecule has 2 N–H and O–H groups in total. The van der Waals surface area contributed by atoms with Crippen LogP contribution in [0.4, 0.5) is 5.69 Å². The normalized spacial score (nSPS) is 17.7. The maximum absolute atomic E-state index is 11.8. The van der Waals surface area contributed by atoms with E-state index in [1.807, 2.05) is 36.2 Å². The molecule has 2 amide bonds. The van der Waals surface area contributed by atoms with Crippen LogP contribution in [0.1, 0.15) is 12.8 Å². The lowest BCUT2D eigenvalue weighted by atomic mass is 10.2. The highest BCUT2D eigenvalue weighted by atomic mass is 35.5. The van der Waals surface area contributed by atoms with Crippen LogP contribution in [0.5, 0.6) is 0 Å². The third kappa shape index (κ3) is 3.87. The van der Waals surface area contributed by atoms with E-state index >= 15 is 0 Å². The van der Waals surface area contributed by atoms with Crippen LogP contribution >= 0.6 is 11.6 Å². The summed E-state index contributed by atoms with van der Waals surface area (Å²) < 4.78 is 0. The lowest BCUT2D eigenvalue weighted by molar-refractivity contribution is -0.125. The van der Waals surface area contributed by atoms with Crippen LogP contribution in [-0.4, -0.2) is 38.0 Å². The molecule has 0 bridgehead atoms. The number of nitrogens with zero attached hydrogens (tertiary/aromatic N) is 1. The van der Waals surface area contributed by atoms with Crippen molar-refractivity contribution in [3.63, 3.8) is 0 Å². The Morgan fingerprint density at radius 2 is 2.15 bits per heavy atom. The molecule has 0 spiro atoms. The first-order chi connectivity index (χ1) is 9.56. The van der Waals surface area contributed by atoms with E-state index in [1.54, 1.807) is 0 Å². The van der Waals surface area contributed by atoms with Crippen molar-refractivity contribution in [3.05, 3.63) is 29.3 Å². The van der Waals surface area contributed by atoms with Gasteiger partial charge in [0, 0.05) is 37.3 Å². The molecule has 1 fully saturated rings. The molecule has 5 nitrogen and oxygen atoms in total. The first-order valence-corrected chi connectivity index (χ1v) is 6.98. The third-order valence-corrected chi connectivity index (χ3v) is 3.58. The molecule has 1 aliphatic rings. The number of benzene rings is 1. The van der Waals surface area contributed by atoms with E-state index < -0.39 is 0 Å². The minimum absolute atomic E-state index is 0.0524. The molecule has 1 aromatic carbocycles. The summed E-state index contributed by atoms with van der Waals surface area (Å²) in [6.07, 6.45) is 1.01. The summed E-state index contributed by atoms with van der Waals surface area (Å²) in [5.74, 6) is -0.163. The molecule has 6 heteroatoms. The van der Waals surface area contributed by atoms with E-state index in [2.05, 4.69) is 10.6 Å². The number of rotatable bonds is 5. The number of hydrogen-bond acceptors (Lipinski definition) is 3. The van der Waals surface area contributed by atoms with Gasteiger partial charge in [0.25, 0.3) is 0 Å². The van der Waals surface area contributed by atoms with Crippen LogP contribution in [0, 0.1) is 0 Å². The molecule has 0 aromatic heterocycles. The average Bonchev–Trinajstić information content (AvgIpc) is 2.86. The highest BCUT2D eigenvalue weighted by molar-refractivity contribution is 6.30. The van der Waals surface area contributed by atoms with E-state index in [0.717, 1.165) is 5.69 Å². The first kappa shape index (κ1) is 14.7. The summed E-state index contributed by atoms with van der Waals surface area (Å²) in [5.41, 5.74) is 1.04. The molecule has 1 aliphatic heterocycles. The quantitative estimate of drug-likeness (QED) is 0.857. The zero-order valence-corrected chi connectivity index (χ0v) is 12.1. The summed E-state index contributed by atoms with van der Waals surface area (Å²) >= 11 is 5.84. The smallest absolute Gasteiger partial charge is 0.242 e. The SMILES string of the molecule is CN(CCNC(=O)C1CCC(=O)N1)c1ccc(Cl)cc1. The Balaban J connectivity index is 1.73. The standard InChI is InChI=1S/C14H18ClN3O2/c1-18(11-4-2-10(15)3-5-11)9-8-16-14(20)12-6-7-13(19)17-12/h2-5,12H,6-9H2,1H3,(H,16,20)(H,17,19). The van der Waals surface area contributed by atoms with Crippen LogP contribution < -0.4 is 15.5 Å². The fourth-order valence-corrected chi connectivity index (χ4v) is 2.23. The molecule has 1 unspecified atom stereocenters. The van der Waals surface area contributed by atoms with Gasteiger partial charge in [0.15, 0.2) is 0 Å². The number of halogens is 1. The zero-order chi connectivity index (χ0) is 14.5. The van der Waals surface area contributed by atoms with Crippen LogP contribution in [0.3, 0.4) is 0 Å². The summed E-state index contributed by atoms with van der Waals surface area (Å²) in [6, 6.07) is 7.16. The van der Waals surface area contributed by atoms with E-state index in [4.69, 9.17) is 11.6 Å². The van der Waals surface area contributed by atoms with Gasteiger partial charge in [-0.25, -0.2) is 0 Å². The van der Waals surface area contributed by atoms with Gasteiger partial charge in [-0.05, 0) is 30.7 Å². The molecule has 1 atom stereocenters. The van der Waals surface area contributed by atoms with E-state index in [9.17, 15) is 9.59 Å². The summed E-state index contributed by atoms with van der Waals surface area (Å²) in [5, 5.41) is 6.19. The molecular formula is C14H18ClN3O2. The fourth-order valence-electron chi connectivity index (χ4n) is 2.11. The minimum Gasteiger partial charge on any atom is -0.373 e. The number of anilines is 1. The van der Waals surface area contributed by atoms with Gasteiger partial charge in [0.05, 0.1) is 0 Å². The lowest BCUT2D eigenvalue weighted by Gasteiger charge is -2.20. The molecule has 108 valence electrons. The predicted octanol–water partition coefficient (Wildman–Crippen LogP) is 1.17. The molecule has 0 aliphatic carbocycles. The zero-order valence-electron chi connectivity index (χ0n) is 11.4. The van der Waals surface area contributed by atoms with E-state index in [0.29, 0.717) is 31.0 Å². The Morgan fingerprint density at radius 1 is 1.45 bits per heavy atom. The first-order valence-electron chi connectivity index (χ1n) is 6.60. The van der Waals surface area contributed by atoms with Crippen LogP contribution in [0.25, 0.3) is 0 Å². The maximum Gasteiger partial charge on any atom is 0.242 e. The number of carbonyl (C=O) groups is 2. The van der Waals surface area contributed by atoms with Gasteiger partial charge in [0.1, 0.15) is 6.04 Å². The Morgan fingerprint density at radius 3 is 2.75 bits per heavy atom. The van der Waals surface area contributed by atoms with Crippen molar-refractivity contribution >= 4 is 29.1 Å². The topological polar surface area (TPSA) is 61.4 Å². The van der Waals surface area contributed by atoms with E-state index in [-0.39, 0.29) is 17.9 Å². The van der Waals surface area contributed by atoms with Crippen molar-refractivity contribution < 1.29 is 9.59 Å². The molecular weight excluding hydrogens is 278 g/mol. The van der Waals surface area contributed by atoms with Gasteiger partial charge in [0.2, 0.25) is 11.8 Å². The van der Waals surface area contributed by atoms with Gasteiger partial charge < -0.3 is 15.5 Å². The lowest BCUT2D eigenvalue weighted by Crippen LogP contribution is -2.43. The van der Waals surface area contributed by atoms with Crippen LogP contribution in [0.2, 0.25) is 5.02 Å². The second-order valence-corrected chi connectivity index (χ2v) is 5.28. The molecule has 1 saturated heterocycles. The Labute approximate surface area is 123 Å². The highest BCUT2D eigenvalue weighted by Gasteiger charge is 2.26. The van der Waals surface area contributed by atoms with Crippen molar-refractivity contribution in [3.8, 4) is 0 Å². The molecule has 0 saturated carbocycles. The van der Waals surface area contributed by atoms with Gasteiger partial charge in [-0.3, -0.25) is 9.59 Å². The van der Waals surface area contributed by atoms with E-state index in [1.165, 1.54) is 0 Å². The van der Waals surface area contributed by atoms with Crippen molar-refractivity contribution in [2.75, 3.05) is 25.0 Å². The van der Waals surface area contributed by atoms with Crippen molar-refractivity contribution in [2.45, 2.75) is 18.9 Å². The Kier molecular flexibility index (Phi) is 4.84. The highest BCUT2D eigenvalue weighted by Crippen LogP contribution is 2.16. The van der Waals surface area contributed by atoms with Crippen molar-refractivity contribution in [2.24, 2.45) is 0 Å². The monoisotopic (exact) mass is 295 g/mol. The Hall–Kier alpha value is -1.75. The molecule has 1 heterocycles. The van der Waals surface area contributed by atoms with Gasteiger partial charge >= 0.3 is 0 Å². The summed E-state index contributed by atoms with van der Waals surface area (Å²) in [7, 11) is 1.95. The predicted molar refractivity (Wildman–Crippen MR) is 78.9 cm³/mol. The van der Waals surface area contributed by atoms with Crippen LogP contribution in [-0.2, 0) is 9.59 Å². The maximum atomic E-state index is 11.8. The Bertz CT molecular complexity index is 490. The average molecular weight is 296 g/mol. The number of carbonyl (C=O) groups excluding carboxylic acids is 2. The number of hydrogen-bond donors (Lipinski definition) is 2. The molecule has 1 aromatic rings. The molecule has 20 heavy (non-hydrogen) atoms. The van der Waals surface area contributed by atoms with Gasteiger partial charge in [-0.2, -0.15) is 0 Å². The summed E-state index contributed by atoms with van der Waals surface area (Å²) in [6.45, 7) is 1.22. The third-order valence-electron chi connectivity index (χ3n) is 3.33. The second-order valence-electron chi connectivity index (χ2n) is 4.85. The second kappa shape index (κ2) is 6.61. The van der Waals surface area contributed by atoms with Gasteiger partial charge in [-0.1, -0.05) is 11.6 Å². The fraction of sp³-hybridized carbons (Fsp3) is 0.429. The largest absolute Gasteiger partial charge is 0.373 e. The minimum atomic E-state index is -0.372. The summed E-state index contributed by atoms with van der Waals surface area (Å²) in [4.78, 5) is 24.9.